The number of aromatic nitrogens is 3. The Balaban J connectivity index is 1.75. The number of likely N-dealkylation sites (tertiary alicyclic amines) is 1. The fourth-order valence-corrected chi connectivity index (χ4v) is 3.67. The number of halogens is 1. The Hall–Kier alpha value is -3.28. The number of hydrogen-bond donors (Lipinski definition) is 0. The molecule has 3 aromatic rings. The summed E-state index contributed by atoms with van der Waals surface area (Å²) in [4.78, 5) is 18.6. The van der Waals surface area contributed by atoms with Crippen LogP contribution in [0.1, 0.15) is 17.9 Å². The van der Waals surface area contributed by atoms with Crippen molar-refractivity contribution in [2.45, 2.75) is 12.3 Å². The molecule has 1 amide bonds. The number of nitrogens with zero attached hydrogens (tertiary/aromatic N) is 4. The van der Waals surface area contributed by atoms with Crippen LogP contribution in [0.25, 0.3) is 22.6 Å². The van der Waals surface area contributed by atoms with Crippen molar-refractivity contribution in [2.75, 3.05) is 13.1 Å². The highest BCUT2D eigenvalue weighted by Crippen LogP contribution is 2.35. The van der Waals surface area contributed by atoms with Crippen molar-refractivity contribution >= 4 is 5.91 Å². The smallest absolute Gasteiger partial charge is 0.245 e. The molecule has 0 radical (unpaired) electrons. The summed E-state index contributed by atoms with van der Waals surface area (Å²) < 4.78 is 15.0. The zero-order chi connectivity index (χ0) is 19.7. The molecule has 5 nitrogen and oxygen atoms in total. The zero-order valence-electron chi connectivity index (χ0n) is 15.7. The third kappa shape index (κ3) is 3.45. The summed E-state index contributed by atoms with van der Waals surface area (Å²) in [7, 11) is 1.87. The van der Waals surface area contributed by atoms with Gasteiger partial charge in [-0.2, -0.15) is 5.10 Å². The molecule has 0 aliphatic carbocycles. The van der Waals surface area contributed by atoms with Gasteiger partial charge in [0, 0.05) is 37.8 Å². The summed E-state index contributed by atoms with van der Waals surface area (Å²) in [6.45, 7) is 4.93. The van der Waals surface area contributed by atoms with Crippen molar-refractivity contribution < 1.29 is 9.18 Å². The van der Waals surface area contributed by atoms with Crippen LogP contribution >= 0.6 is 0 Å². The number of hydrogen-bond acceptors (Lipinski definition) is 3. The molecule has 1 aliphatic heterocycles. The number of amides is 1. The minimum atomic E-state index is -0.275. The van der Waals surface area contributed by atoms with Gasteiger partial charge in [-0.05, 0) is 54.5 Å². The minimum absolute atomic E-state index is 0.0437. The highest BCUT2D eigenvalue weighted by Gasteiger charge is 2.29. The van der Waals surface area contributed by atoms with Crippen LogP contribution in [0.3, 0.4) is 0 Å². The molecule has 0 saturated carbocycles. The van der Waals surface area contributed by atoms with E-state index >= 15 is 0 Å². The van der Waals surface area contributed by atoms with Gasteiger partial charge in [0.15, 0.2) is 0 Å². The van der Waals surface area contributed by atoms with E-state index in [1.807, 2.05) is 30.3 Å². The van der Waals surface area contributed by atoms with Crippen molar-refractivity contribution in [2.24, 2.45) is 7.05 Å². The molecule has 1 unspecified atom stereocenters. The molecule has 0 spiro atoms. The molecule has 28 heavy (non-hydrogen) atoms. The monoisotopic (exact) mass is 376 g/mol. The van der Waals surface area contributed by atoms with Crippen LogP contribution in [0.4, 0.5) is 4.39 Å². The highest BCUT2D eigenvalue weighted by molar-refractivity contribution is 5.87. The van der Waals surface area contributed by atoms with E-state index in [0.717, 1.165) is 34.6 Å². The lowest BCUT2D eigenvalue weighted by Crippen LogP contribution is -2.26. The van der Waals surface area contributed by atoms with Gasteiger partial charge < -0.3 is 4.90 Å². The Morgan fingerprint density at radius 1 is 1.18 bits per heavy atom. The Labute approximate surface area is 163 Å². The molecular formula is C22H21FN4O. The normalized spacial score (nSPS) is 16.4. The maximum Gasteiger partial charge on any atom is 0.245 e. The summed E-state index contributed by atoms with van der Waals surface area (Å²) in [5.41, 5.74) is 4.28. The molecular weight excluding hydrogens is 355 g/mol. The number of carbonyl (C=O) groups is 1. The van der Waals surface area contributed by atoms with E-state index in [1.165, 1.54) is 18.2 Å². The molecule has 1 saturated heterocycles. The molecule has 1 atom stereocenters. The Morgan fingerprint density at radius 2 is 1.96 bits per heavy atom. The van der Waals surface area contributed by atoms with E-state index < -0.39 is 0 Å². The number of rotatable bonds is 4. The van der Waals surface area contributed by atoms with Crippen LogP contribution in [-0.4, -0.2) is 38.7 Å². The molecule has 0 bridgehead atoms. The third-order valence-corrected chi connectivity index (χ3v) is 5.14. The number of benzene rings is 1. The van der Waals surface area contributed by atoms with Gasteiger partial charge in [-0.3, -0.25) is 9.48 Å². The summed E-state index contributed by atoms with van der Waals surface area (Å²) in [5, 5.41) is 4.53. The van der Waals surface area contributed by atoms with Gasteiger partial charge in [-0.25, -0.2) is 9.37 Å². The third-order valence-electron chi connectivity index (χ3n) is 5.14. The second kappa shape index (κ2) is 7.38. The molecule has 0 N–H and O–H groups in total. The van der Waals surface area contributed by atoms with E-state index in [2.05, 4.69) is 17.7 Å². The number of aryl methyl sites for hydroxylation is 1. The van der Waals surface area contributed by atoms with E-state index in [-0.39, 0.29) is 17.6 Å². The second-order valence-corrected chi connectivity index (χ2v) is 6.99. The molecule has 4 rings (SSSR count). The van der Waals surface area contributed by atoms with Crippen LogP contribution in [0.2, 0.25) is 0 Å². The lowest BCUT2D eigenvalue weighted by molar-refractivity contribution is -0.125. The van der Waals surface area contributed by atoms with Gasteiger partial charge in [0.1, 0.15) is 11.5 Å². The van der Waals surface area contributed by atoms with Gasteiger partial charge in [-0.15, -0.1) is 0 Å². The summed E-state index contributed by atoms with van der Waals surface area (Å²) in [5.74, 6) is -0.128. The molecule has 6 heteroatoms. The van der Waals surface area contributed by atoms with Crippen molar-refractivity contribution in [1.29, 1.82) is 0 Å². The van der Waals surface area contributed by atoms with E-state index in [0.29, 0.717) is 13.1 Å². The number of carbonyl (C=O) groups excluding carboxylic acids is 1. The summed E-state index contributed by atoms with van der Waals surface area (Å²) in [6, 6.07) is 12.2. The van der Waals surface area contributed by atoms with Crippen LogP contribution in [-0.2, 0) is 11.8 Å². The topological polar surface area (TPSA) is 51.0 Å². The van der Waals surface area contributed by atoms with Gasteiger partial charge >= 0.3 is 0 Å². The van der Waals surface area contributed by atoms with E-state index in [4.69, 9.17) is 4.98 Å². The average Bonchev–Trinajstić information content (AvgIpc) is 3.37. The average molecular weight is 376 g/mol. The first-order valence-corrected chi connectivity index (χ1v) is 9.23. The maximum atomic E-state index is 13.3. The second-order valence-electron chi connectivity index (χ2n) is 6.99. The van der Waals surface area contributed by atoms with E-state index in [1.54, 1.807) is 16.8 Å². The van der Waals surface area contributed by atoms with Crippen molar-refractivity contribution in [3.63, 3.8) is 0 Å². The first-order chi connectivity index (χ1) is 13.5. The fraction of sp³-hybridized carbons (Fsp3) is 0.227. The first-order valence-electron chi connectivity index (χ1n) is 9.23. The molecule has 1 aromatic carbocycles. The molecule has 2 aromatic heterocycles. The Kier molecular flexibility index (Phi) is 4.77. The Morgan fingerprint density at radius 3 is 2.64 bits per heavy atom. The van der Waals surface area contributed by atoms with Crippen molar-refractivity contribution in [3.05, 3.63) is 72.7 Å². The fourth-order valence-electron chi connectivity index (χ4n) is 3.67. The van der Waals surface area contributed by atoms with E-state index in [9.17, 15) is 9.18 Å². The molecule has 3 heterocycles. The van der Waals surface area contributed by atoms with Crippen molar-refractivity contribution in [3.8, 4) is 22.6 Å². The zero-order valence-corrected chi connectivity index (χ0v) is 15.7. The van der Waals surface area contributed by atoms with Gasteiger partial charge in [0.05, 0.1) is 11.4 Å². The maximum absolute atomic E-state index is 13.3. The van der Waals surface area contributed by atoms with Gasteiger partial charge in [0.2, 0.25) is 5.91 Å². The molecule has 1 aliphatic rings. The molecule has 1 fully saturated rings. The molecule has 142 valence electrons. The van der Waals surface area contributed by atoms with Crippen molar-refractivity contribution in [1.82, 2.24) is 19.7 Å². The first kappa shape index (κ1) is 18.1. The predicted octanol–water partition coefficient (Wildman–Crippen LogP) is 3.79. The summed E-state index contributed by atoms with van der Waals surface area (Å²) in [6.07, 6.45) is 4.11. The van der Waals surface area contributed by atoms with Crippen LogP contribution < -0.4 is 0 Å². The predicted molar refractivity (Wildman–Crippen MR) is 106 cm³/mol. The SMILES string of the molecule is C=CC(=O)N1CCC(c2ccc(-c3ccc(F)cc3)nc2-c2ccn(C)n2)C1. The van der Waals surface area contributed by atoms with Gasteiger partial charge in [0.25, 0.3) is 0 Å². The van der Waals surface area contributed by atoms with Crippen LogP contribution in [0.15, 0.2) is 61.3 Å². The quantitative estimate of drug-likeness (QED) is 0.651. The number of pyridine rings is 1. The van der Waals surface area contributed by atoms with Gasteiger partial charge in [-0.1, -0.05) is 12.6 Å². The largest absolute Gasteiger partial charge is 0.339 e. The van der Waals surface area contributed by atoms with Crippen LogP contribution in [0, 0.1) is 5.82 Å². The lowest BCUT2D eigenvalue weighted by Gasteiger charge is -2.17. The minimum Gasteiger partial charge on any atom is -0.339 e. The summed E-state index contributed by atoms with van der Waals surface area (Å²) >= 11 is 0. The Bertz CT molecular complexity index is 1030. The standard InChI is InChI=1S/C22H21FN4O/c1-3-21(28)27-13-10-16(14-27)18-8-9-19(15-4-6-17(23)7-5-15)24-22(18)20-11-12-26(2)25-20/h3-9,11-12,16H,1,10,13-14H2,2H3. The van der Waals surface area contributed by atoms with Crippen LogP contribution in [0.5, 0.6) is 0 Å². The lowest BCUT2D eigenvalue weighted by atomic mass is 9.94. The highest BCUT2D eigenvalue weighted by atomic mass is 19.1.